The molecule has 0 aliphatic carbocycles. The van der Waals surface area contributed by atoms with E-state index in [2.05, 4.69) is 10.5 Å². The molecule has 0 bridgehead atoms. The number of benzene rings is 1. The van der Waals surface area contributed by atoms with Crippen molar-refractivity contribution >= 4 is 9.84 Å². The Morgan fingerprint density at radius 2 is 2.00 bits per heavy atom. The molecular weight excluding hydrogens is 314 g/mol. The Hall–Kier alpha value is -2.17. The highest BCUT2D eigenvalue weighted by Crippen LogP contribution is 2.14. The van der Waals surface area contributed by atoms with Crippen LogP contribution in [0.3, 0.4) is 0 Å². The van der Waals surface area contributed by atoms with Crippen molar-refractivity contribution in [1.29, 1.82) is 5.26 Å². The smallest absolute Gasteiger partial charge is 0.179 e. The summed E-state index contributed by atoms with van der Waals surface area (Å²) < 4.78 is 29.7. The summed E-state index contributed by atoms with van der Waals surface area (Å²) in [6.45, 7) is 4.71. The summed E-state index contributed by atoms with van der Waals surface area (Å²) in [4.78, 5) is 0.230. The first-order valence-electron chi connectivity index (χ1n) is 7.35. The first kappa shape index (κ1) is 17.2. The van der Waals surface area contributed by atoms with Gasteiger partial charge in [0.05, 0.1) is 28.0 Å². The van der Waals surface area contributed by atoms with E-state index in [0.29, 0.717) is 18.7 Å². The van der Waals surface area contributed by atoms with Gasteiger partial charge in [-0.1, -0.05) is 12.1 Å². The zero-order chi connectivity index (χ0) is 16.9. The van der Waals surface area contributed by atoms with Gasteiger partial charge in [-0.05, 0) is 31.2 Å². The first-order chi connectivity index (χ1) is 11.0. The van der Waals surface area contributed by atoms with Gasteiger partial charge < -0.3 is 9.84 Å². The van der Waals surface area contributed by atoms with E-state index in [4.69, 9.17) is 9.78 Å². The molecule has 1 aromatic heterocycles. The third kappa shape index (κ3) is 4.18. The van der Waals surface area contributed by atoms with Crippen molar-refractivity contribution in [2.75, 3.05) is 12.3 Å². The summed E-state index contributed by atoms with van der Waals surface area (Å²) in [5, 5.41) is 15.8. The van der Waals surface area contributed by atoms with E-state index in [1.54, 1.807) is 0 Å². The average molecular weight is 333 g/mol. The van der Waals surface area contributed by atoms with E-state index in [1.165, 1.54) is 24.3 Å². The Kier molecular flexibility index (Phi) is 5.53. The number of rotatable bonds is 7. The number of aromatic nitrogens is 1. The fourth-order valence-electron chi connectivity index (χ4n) is 2.21. The van der Waals surface area contributed by atoms with Crippen LogP contribution in [0.5, 0.6) is 0 Å². The fraction of sp³-hybridized carbons (Fsp3) is 0.375. The van der Waals surface area contributed by atoms with Gasteiger partial charge in [-0.15, -0.1) is 0 Å². The van der Waals surface area contributed by atoms with Crippen molar-refractivity contribution < 1.29 is 12.9 Å². The second-order valence-corrected chi connectivity index (χ2v) is 7.26. The number of hydrogen-bond acceptors (Lipinski definition) is 6. The molecule has 0 spiro atoms. The average Bonchev–Trinajstić information content (AvgIpc) is 2.91. The maximum absolute atomic E-state index is 12.2. The molecule has 1 N–H and O–H groups in total. The molecule has 0 saturated carbocycles. The predicted molar refractivity (Wildman–Crippen MR) is 85.5 cm³/mol. The molecule has 0 atom stereocenters. The van der Waals surface area contributed by atoms with Gasteiger partial charge in [0.15, 0.2) is 9.84 Å². The molecule has 0 saturated heterocycles. The van der Waals surface area contributed by atoms with E-state index in [-0.39, 0.29) is 10.6 Å². The highest BCUT2D eigenvalue weighted by molar-refractivity contribution is 7.91. The molecule has 122 valence electrons. The lowest BCUT2D eigenvalue weighted by atomic mass is 10.1. The Morgan fingerprint density at radius 1 is 1.30 bits per heavy atom. The van der Waals surface area contributed by atoms with Crippen molar-refractivity contribution in [3.8, 4) is 6.07 Å². The van der Waals surface area contributed by atoms with Gasteiger partial charge in [0.1, 0.15) is 5.76 Å². The molecule has 7 heteroatoms. The van der Waals surface area contributed by atoms with Crippen LogP contribution in [0.15, 0.2) is 33.7 Å². The molecule has 1 heterocycles. The summed E-state index contributed by atoms with van der Waals surface area (Å²) in [6, 6.07) is 7.92. The van der Waals surface area contributed by atoms with Crippen LogP contribution in [-0.4, -0.2) is 25.9 Å². The van der Waals surface area contributed by atoms with Gasteiger partial charge >= 0.3 is 0 Å². The number of nitrogens with zero attached hydrogens (tertiary/aromatic N) is 2. The zero-order valence-electron chi connectivity index (χ0n) is 13.2. The zero-order valence-corrected chi connectivity index (χ0v) is 14.0. The summed E-state index contributed by atoms with van der Waals surface area (Å²) in [7, 11) is -3.36. The van der Waals surface area contributed by atoms with Crippen molar-refractivity contribution in [1.82, 2.24) is 10.5 Å². The number of hydrogen-bond donors (Lipinski definition) is 1. The van der Waals surface area contributed by atoms with Gasteiger partial charge in [0, 0.05) is 25.1 Å². The SMILES string of the molecule is CCc1onc(C)c1CNCCS(=O)(=O)c1ccc(C#N)cc1. The minimum Gasteiger partial charge on any atom is -0.361 e. The Morgan fingerprint density at radius 3 is 2.61 bits per heavy atom. The minimum atomic E-state index is -3.36. The third-order valence-corrected chi connectivity index (χ3v) is 5.31. The fourth-order valence-corrected chi connectivity index (χ4v) is 3.41. The van der Waals surface area contributed by atoms with Crippen molar-refractivity contribution in [2.45, 2.75) is 31.7 Å². The highest BCUT2D eigenvalue weighted by atomic mass is 32.2. The molecule has 0 radical (unpaired) electrons. The molecule has 0 amide bonds. The second-order valence-electron chi connectivity index (χ2n) is 5.16. The van der Waals surface area contributed by atoms with E-state index in [0.717, 1.165) is 23.4 Å². The Labute approximate surface area is 136 Å². The van der Waals surface area contributed by atoms with Crippen LogP contribution in [0, 0.1) is 18.3 Å². The Bertz CT molecular complexity index is 802. The largest absolute Gasteiger partial charge is 0.361 e. The normalized spacial score (nSPS) is 11.3. The summed E-state index contributed by atoms with van der Waals surface area (Å²) >= 11 is 0. The summed E-state index contributed by atoms with van der Waals surface area (Å²) in [5.74, 6) is 0.815. The molecule has 2 aromatic rings. The summed E-state index contributed by atoms with van der Waals surface area (Å²) in [6.07, 6.45) is 0.751. The van der Waals surface area contributed by atoms with Gasteiger partial charge in [-0.25, -0.2) is 8.42 Å². The minimum absolute atomic E-state index is 0.00924. The van der Waals surface area contributed by atoms with Crippen LogP contribution in [0.25, 0.3) is 0 Å². The van der Waals surface area contributed by atoms with Gasteiger partial charge in [-0.2, -0.15) is 5.26 Å². The lowest BCUT2D eigenvalue weighted by Crippen LogP contribution is -2.23. The van der Waals surface area contributed by atoms with Crippen LogP contribution in [0.2, 0.25) is 0 Å². The number of aryl methyl sites for hydroxylation is 2. The van der Waals surface area contributed by atoms with Crippen molar-refractivity contribution in [3.05, 3.63) is 46.8 Å². The maximum atomic E-state index is 12.2. The molecule has 1 aromatic carbocycles. The topological polar surface area (TPSA) is 96.0 Å². The van der Waals surface area contributed by atoms with Crippen LogP contribution >= 0.6 is 0 Å². The number of nitriles is 1. The first-order valence-corrected chi connectivity index (χ1v) is 9.00. The van der Waals surface area contributed by atoms with E-state index in [9.17, 15) is 8.42 Å². The van der Waals surface area contributed by atoms with Crippen LogP contribution < -0.4 is 5.32 Å². The van der Waals surface area contributed by atoms with Gasteiger partial charge in [0.25, 0.3) is 0 Å². The van der Waals surface area contributed by atoms with Gasteiger partial charge in [0.2, 0.25) is 0 Å². The highest BCUT2D eigenvalue weighted by Gasteiger charge is 2.15. The predicted octanol–water partition coefficient (Wildman–Crippen LogP) is 1.98. The van der Waals surface area contributed by atoms with Crippen LogP contribution in [0.4, 0.5) is 0 Å². The molecule has 0 aliphatic heterocycles. The quantitative estimate of drug-likeness (QED) is 0.778. The molecule has 0 unspecified atom stereocenters. The van der Waals surface area contributed by atoms with Crippen molar-refractivity contribution in [2.24, 2.45) is 0 Å². The molecular formula is C16H19N3O3S. The summed E-state index contributed by atoms with van der Waals surface area (Å²) in [5.41, 5.74) is 2.25. The maximum Gasteiger partial charge on any atom is 0.179 e. The number of sulfone groups is 1. The van der Waals surface area contributed by atoms with Crippen LogP contribution in [0.1, 0.15) is 29.5 Å². The Balaban J connectivity index is 1.92. The molecule has 2 rings (SSSR count). The molecule has 23 heavy (non-hydrogen) atoms. The third-order valence-electron chi connectivity index (χ3n) is 3.58. The second kappa shape index (κ2) is 7.40. The molecule has 6 nitrogen and oxygen atoms in total. The van der Waals surface area contributed by atoms with Crippen LogP contribution in [-0.2, 0) is 22.8 Å². The lowest BCUT2D eigenvalue weighted by molar-refractivity contribution is 0.381. The molecule has 0 fully saturated rings. The van der Waals surface area contributed by atoms with E-state index in [1.807, 2.05) is 19.9 Å². The number of nitrogens with one attached hydrogen (secondary N) is 1. The van der Waals surface area contributed by atoms with E-state index >= 15 is 0 Å². The van der Waals surface area contributed by atoms with Gasteiger partial charge in [-0.3, -0.25) is 0 Å². The standard InChI is InChI=1S/C16H19N3O3S/c1-3-16-15(12(2)19-22-16)11-18-8-9-23(20,21)14-6-4-13(10-17)5-7-14/h4-7,18H,3,8-9,11H2,1-2H3. The monoisotopic (exact) mass is 333 g/mol. The van der Waals surface area contributed by atoms with E-state index < -0.39 is 9.84 Å². The molecule has 0 aliphatic rings. The lowest BCUT2D eigenvalue weighted by Gasteiger charge is -2.07. The van der Waals surface area contributed by atoms with Crippen molar-refractivity contribution in [3.63, 3.8) is 0 Å².